The summed E-state index contributed by atoms with van der Waals surface area (Å²) in [7, 11) is 0. The molecule has 5 heteroatoms. The van der Waals surface area contributed by atoms with Gasteiger partial charge in [0.2, 0.25) is 0 Å². The molecular formula is C39H25IrN4-. The Morgan fingerprint density at radius 1 is 0.636 bits per heavy atom. The number of hydrogen-bond donors (Lipinski definition) is 0. The summed E-state index contributed by atoms with van der Waals surface area (Å²) < 4.78 is 4.93. The Balaban J connectivity index is 0.000000189. The molecule has 0 amide bonds. The molecule has 11 rings (SSSR count). The van der Waals surface area contributed by atoms with Crippen LogP contribution in [0.1, 0.15) is 40.0 Å². The van der Waals surface area contributed by atoms with Gasteiger partial charge in [-0.25, -0.2) is 4.40 Å². The van der Waals surface area contributed by atoms with Crippen molar-refractivity contribution in [2.75, 3.05) is 0 Å². The van der Waals surface area contributed by atoms with E-state index in [4.69, 9.17) is 4.98 Å². The Bertz CT molecular complexity index is 2230. The molecule has 4 nitrogen and oxygen atoms in total. The van der Waals surface area contributed by atoms with E-state index in [1.165, 1.54) is 33.6 Å². The van der Waals surface area contributed by atoms with Gasteiger partial charge < -0.3 is 4.98 Å². The molecule has 211 valence electrons. The zero-order chi connectivity index (χ0) is 28.3. The molecule has 3 aromatic heterocycles. The molecule has 44 heavy (non-hydrogen) atoms. The second kappa shape index (κ2) is 10.6. The van der Waals surface area contributed by atoms with Crippen LogP contribution in [-0.2, 0) is 20.1 Å². The van der Waals surface area contributed by atoms with Crippen molar-refractivity contribution < 1.29 is 24.7 Å². The van der Waals surface area contributed by atoms with Crippen LogP contribution in [0.4, 0.5) is 0 Å². The van der Waals surface area contributed by atoms with Crippen molar-refractivity contribution in [1.29, 1.82) is 0 Å². The van der Waals surface area contributed by atoms with Crippen LogP contribution in [-0.4, -0.2) is 14.4 Å². The number of fused-ring (bicyclic) bond motifs is 5. The fourth-order valence-corrected chi connectivity index (χ4v) is 7.02. The molecule has 5 aromatic carbocycles. The molecule has 5 heterocycles. The van der Waals surface area contributed by atoms with Crippen LogP contribution < -0.4 is 4.57 Å². The van der Waals surface area contributed by atoms with Crippen LogP contribution >= 0.6 is 0 Å². The zero-order valence-electron chi connectivity index (χ0n) is 23.6. The number of benzene rings is 5. The summed E-state index contributed by atoms with van der Waals surface area (Å²) in [6.07, 6.45) is 1.79. The van der Waals surface area contributed by atoms with Crippen LogP contribution in [0.5, 0.6) is 0 Å². The smallest absolute Gasteiger partial charge is 0.259 e. The Labute approximate surface area is 268 Å². The molecule has 1 radical (unpaired) electrons. The zero-order valence-corrected chi connectivity index (χ0v) is 26.0. The van der Waals surface area contributed by atoms with Crippen molar-refractivity contribution in [3.63, 3.8) is 0 Å². The van der Waals surface area contributed by atoms with Gasteiger partial charge in [-0.05, 0) is 40.4 Å². The molecular weight excluding hydrogens is 717 g/mol. The largest absolute Gasteiger partial charge is 0.305 e. The monoisotopic (exact) mass is 742 g/mol. The second-order valence-electron chi connectivity index (χ2n) is 11.0. The van der Waals surface area contributed by atoms with Gasteiger partial charge in [-0.15, -0.1) is 54.1 Å². The van der Waals surface area contributed by atoms with Crippen molar-refractivity contribution in [1.82, 2.24) is 14.4 Å². The van der Waals surface area contributed by atoms with Gasteiger partial charge in [0.15, 0.2) is 5.65 Å². The summed E-state index contributed by atoms with van der Waals surface area (Å²) in [4.78, 5) is 9.28. The van der Waals surface area contributed by atoms with Crippen LogP contribution in [0.2, 0.25) is 0 Å². The average Bonchev–Trinajstić information content (AvgIpc) is 3.49. The fourth-order valence-electron chi connectivity index (χ4n) is 7.02. The number of nitrogens with zero attached hydrogens (tertiary/aromatic N) is 4. The van der Waals surface area contributed by atoms with Gasteiger partial charge >= 0.3 is 0 Å². The van der Waals surface area contributed by atoms with Gasteiger partial charge in [0, 0.05) is 37.4 Å². The summed E-state index contributed by atoms with van der Waals surface area (Å²) in [6.45, 7) is 0. The summed E-state index contributed by atoms with van der Waals surface area (Å²) in [5.74, 6) is 1.46. The number of rotatable bonds is 1. The van der Waals surface area contributed by atoms with Gasteiger partial charge in [0.25, 0.3) is 5.82 Å². The molecule has 0 saturated heterocycles. The second-order valence-corrected chi connectivity index (χ2v) is 11.0. The Kier molecular flexibility index (Phi) is 6.44. The first-order valence-electron chi connectivity index (χ1n) is 14.6. The maximum atomic E-state index is 5.07. The molecule has 8 aromatic rings. The Morgan fingerprint density at radius 2 is 1.32 bits per heavy atom. The van der Waals surface area contributed by atoms with E-state index >= 15 is 0 Å². The van der Waals surface area contributed by atoms with Crippen LogP contribution in [0.25, 0.3) is 38.8 Å². The first-order chi connectivity index (χ1) is 21.4. The predicted molar refractivity (Wildman–Crippen MR) is 169 cm³/mol. The van der Waals surface area contributed by atoms with E-state index in [-0.39, 0.29) is 32.1 Å². The maximum absolute atomic E-state index is 5.07. The third-order valence-electron chi connectivity index (χ3n) is 8.72. The fraction of sp³-hybridized carbons (Fsp3) is 0.0513. The first kappa shape index (κ1) is 26.7. The topological polar surface area (TPSA) is 34.1 Å². The standard InChI is InChI=1S/C28H17N3.C11H8N.Ir/c1-3-11-19-17(9-1)25-18-10-2-4-12-20(18)26(19)30-23-15-7-5-13-21(23)27-29-22-14-6-8-16-24(22)31(27)28(25)30;1-2-6-10(7-3-1)11-8-4-5-9-12-11;/h1-12,14-16,25-26H;1-6,8-9H;/q;-1;. The Hall–Kier alpha value is -4.96. The normalized spacial score (nSPS) is 15.5. The molecule has 0 unspecified atom stereocenters. The summed E-state index contributed by atoms with van der Waals surface area (Å²) >= 11 is 0. The molecule has 2 bridgehead atoms. The van der Waals surface area contributed by atoms with Crippen molar-refractivity contribution >= 4 is 27.6 Å². The van der Waals surface area contributed by atoms with Gasteiger partial charge in [-0.1, -0.05) is 78.9 Å². The van der Waals surface area contributed by atoms with E-state index in [0.29, 0.717) is 0 Å². The molecule has 0 atom stereocenters. The first-order valence-corrected chi connectivity index (χ1v) is 14.6. The number of aromatic nitrogens is 4. The van der Waals surface area contributed by atoms with E-state index < -0.39 is 0 Å². The van der Waals surface area contributed by atoms with E-state index in [1.54, 1.807) is 6.20 Å². The molecule has 0 spiro atoms. The quantitative estimate of drug-likeness (QED) is 0.128. The third kappa shape index (κ3) is 3.90. The molecule has 0 fully saturated rings. The van der Waals surface area contributed by atoms with Gasteiger partial charge in [-0.3, -0.25) is 9.55 Å². The molecule has 0 saturated carbocycles. The van der Waals surface area contributed by atoms with Crippen LogP contribution in [0.3, 0.4) is 0 Å². The molecule has 3 aliphatic rings. The van der Waals surface area contributed by atoms with Crippen molar-refractivity contribution in [3.8, 4) is 11.3 Å². The predicted octanol–water partition coefficient (Wildman–Crippen LogP) is 7.72. The SMILES string of the molecule is [Ir].[c-]1cccc2c1c1nc3ccccc3n1c1[n+]2C2c3ccccc3C1c1ccccc12.[c-]1ccccc1-c1ccccn1. The molecule has 1 aliphatic carbocycles. The van der Waals surface area contributed by atoms with Crippen LogP contribution in [0, 0.1) is 12.1 Å². The van der Waals surface area contributed by atoms with E-state index in [9.17, 15) is 0 Å². The van der Waals surface area contributed by atoms with Gasteiger partial charge in [0.1, 0.15) is 23.0 Å². The summed E-state index contributed by atoms with van der Waals surface area (Å²) in [6, 6.07) is 53.1. The van der Waals surface area contributed by atoms with Crippen LogP contribution in [0.15, 0.2) is 140 Å². The van der Waals surface area contributed by atoms with E-state index in [0.717, 1.165) is 33.3 Å². The number of hydrogen-bond acceptors (Lipinski definition) is 2. The van der Waals surface area contributed by atoms with Gasteiger partial charge in [0.05, 0.1) is 5.52 Å². The maximum Gasteiger partial charge on any atom is 0.259 e. The van der Waals surface area contributed by atoms with Crippen molar-refractivity contribution in [2.24, 2.45) is 0 Å². The number of para-hydroxylation sites is 2. The summed E-state index contributed by atoms with van der Waals surface area (Å²) in [5, 5.41) is 1.07. The number of imidazole rings is 1. The minimum Gasteiger partial charge on any atom is -0.305 e. The van der Waals surface area contributed by atoms with Crippen molar-refractivity contribution in [2.45, 2.75) is 12.0 Å². The number of pyridine rings is 1. The minimum absolute atomic E-state index is 0. The molecule has 0 N–H and O–H groups in total. The Morgan fingerprint density at radius 3 is 2.05 bits per heavy atom. The minimum atomic E-state index is 0. The summed E-state index contributed by atoms with van der Waals surface area (Å²) in [5.41, 5.74) is 12.0. The van der Waals surface area contributed by atoms with E-state index in [1.807, 2.05) is 48.5 Å². The van der Waals surface area contributed by atoms with E-state index in [2.05, 4.69) is 111 Å². The van der Waals surface area contributed by atoms with Gasteiger partial charge in [-0.2, -0.15) is 0 Å². The van der Waals surface area contributed by atoms with Crippen molar-refractivity contribution in [3.05, 3.63) is 180 Å². The average molecular weight is 742 g/mol. The third-order valence-corrected chi connectivity index (χ3v) is 8.72. The molecule has 2 aliphatic heterocycles.